The van der Waals surface area contributed by atoms with Crippen LogP contribution in [-0.4, -0.2) is 16.6 Å². The maximum absolute atomic E-state index is 10.1. The molecule has 0 atom stereocenters. The van der Waals surface area contributed by atoms with E-state index in [0.29, 0.717) is 5.75 Å². The van der Waals surface area contributed by atoms with E-state index in [1.54, 1.807) is 0 Å². The second-order valence-electron chi connectivity index (χ2n) is 3.98. The van der Waals surface area contributed by atoms with Gasteiger partial charge >= 0.3 is 0 Å². The van der Waals surface area contributed by atoms with Crippen LogP contribution >= 0.6 is 0 Å². The number of aromatic hydroxyl groups is 1. The van der Waals surface area contributed by atoms with Crippen LogP contribution in [0.2, 0.25) is 0 Å². The SMILES string of the molecule is Cc1ccc2nc3c(c(O)c2c1)CCN3. The van der Waals surface area contributed by atoms with Crippen molar-refractivity contribution in [2.75, 3.05) is 11.9 Å². The average molecular weight is 200 g/mol. The summed E-state index contributed by atoms with van der Waals surface area (Å²) in [5.41, 5.74) is 2.95. The normalized spacial score (nSPS) is 13.9. The Morgan fingerprint density at radius 1 is 1.40 bits per heavy atom. The minimum Gasteiger partial charge on any atom is -0.507 e. The predicted octanol–water partition coefficient (Wildman–Crippen LogP) is 2.22. The van der Waals surface area contributed by atoms with E-state index in [9.17, 15) is 5.11 Å². The van der Waals surface area contributed by atoms with Gasteiger partial charge in [0.25, 0.3) is 0 Å². The van der Waals surface area contributed by atoms with Crippen LogP contribution in [0.25, 0.3) is 10.9 Å². The molecule has 2 heterocycles. The van der Waals surface area contributed by atoms with Gasteiger partial charge in [-0.25, -0.2) is 4.98 Å². The number of aromatic nitrogens is 1. The molecule has 0 bridgehead atoms. The minimum atomic E-state index is 0.392. The first kappa shape index (κ1) is 8.53. The van der Waals surface area contributed by atoms with Crippen molar-refractivity contribution in [2.24, 2.45) is 0 Å². The summed E-state index contributed by atoms with van der Waals surface area (Å²) in [6.45, 7) is 2.88. The van der Waals surface area contributed by atoms with Crippen LogP contribution in [0.5, 0.6) is 5.75 Å². The van der Waals surface area contributed by atoms with E-state index in [1.165, 1.54) is 0 Å². The Kier molecular flexibility index (Phi) is 1.63. The third-order valence-corrected chi connectivity index (χ3v) is 2.88. The van der Waals surface area contributed by atoms with E-state index in [4.69, 9.17) is 0 Å². The van der Waals surface area contributed by atoms with E-state index < -0.39 is 0 Å². The number of fused-ring (bicyclic) bond motifs is 2. The van der Waals surface area contributed by atoms with Gasteiger partial charge in [0, 0.05) is 17.5 Å². The molecule has 0 amide bonds. The summed E-state index contributed by atoms with van der Waals surface area (Å²) < 4.78 is 0. The van der Waals surface area contributed by atoms with E-state index >= 15 is 0 Å². The highest BCUT2D eigenvalue weighted by atomic mass is 16.3. The summed E-state index contributed by atoms with van der Waals surface area (Å²) in [5, 5.41) is 14.2. The molecule has 1 aliphatic rings. The van der Waals surface area contributed by atoms with Crippen molar-refractivity contribution in [3.63, 3.8) is 0 Å². The number of anilines is 1. The molecule has 0 fully saturated rings. The lowest BCUT2D eigenvalue weighted by molar-refractivity contribution is 0.476. The minimum absolute atomic E-state index is 0.392. The lowest BCUT2D eigenvalue weighted by Crippen LogP contribution is -1.93. The largest absolute Gasteiger partial charge is 0.507 e. The average Bonchev–Trinajstić information content (AvgIpc) is 2.68. The van der Waals surface area contributed by atoms with Gasteiger partial charge in [-0.05, 0) is 25.5 Å². The van der Waals surface area contributed by atoms with E-state index in [-0.39, 0.29) is 0 Å². The fraction of sp³-hybridized carbons (Fsp3) is 0.250. The maximum atomic E-state index is 10.1. The lowest BCUT2D eigenvalue weighted by atomic mass is 10.1. The summed E-state index contributed by atoms with van der Waals surface area (Å²) in [6.07, 6.45) is 0.859. The molecule has 0 unspecified atom stereocenters. The Balaban J connectivity index is 2.41. The van der Waals surface area contributed by atoms with E-state index in [1.807, 2.05) is 25.1 Å². The molecule has 76 valence electrons. The second-order valence-corrected chi connectivity index (χ2v) is 3.98. The van der Waals surface area contributed by atoms with Gasteiger partial charge in [0.05, 0.1) is 5.52 Å². The smallest absolute Gasteiger partial charge is 0.133 e. The van der Waals surface area contributed by atoms with Gasteiger partial charge in [-0.2, -0.15) is 0 Å². The highest BCUT2D eigenvalue weighted by Gasteiger charge is 2.18. The predicted molar refractivity (Wildman–Crippen MR) is 60.3 cm³/mol. The van der Waals surface area contributed by atoms with Crippen molar-refractivity contribution in [3.05, 3.63) is 29.3 Å². The molecule has 1 aliphatic heterocycles. The summed E-state index contributed by atoms with van der Waals surface area (Å²) >= 11 is 0. The number of nitrogens with one attached hydrogen (secondary N) is 1. The molecule has 2 N–H and O–H groups in total. The highest BCUT2D eigenvalue weighted by molar-refractivity contribution is 5.89. The molecule has 3 nitrogen and oxygen atoms in total. The first-order valence-corrected chi connectivity index (χ1v) is 5.12. The molecule has 15 heavy (non-hydrogen) atoms. The van der Waals surface area contributed by atoms with Crippen LogP contribution in [-0.2, 0) is 6.42 Å². The van der Waals surface area contributed by atoms with Gasteiger partial charge in [0.15, 0.2) is 0 Å². The van der Waals surface area contributed by atoms with Crippen LogP contribution in [0.15, 0.2) is 18.2 Å². The molecule has 0 saturated carbocycles. The summed E-state index contributed by atoms with van der Waals surface area (Å²) in [7, 11) is 0. The Morgan fingerprint density at radius 3 is 3.13 bits per heavy atom. The summed E-state index contributed by atoms with van der Waals surface area (Å²) in [6, 6.07) is 5.94. The van der Waals surface area contributed by atoms with Crippen LogP contribution in [0.1, 0.15) is 11.1 Å². The van der Waals surface area contributed by atoms with Crippen LogP contribution < -0.4 is 5.32 Å². The van der Waals surface area contributed by atoms with Crippen LogP contribution in [0.4, 0.5) is 5.82 Å². The number of nitrogens with zero attached hydrogens (tertiary/aromatic N) is 1. The number of rotatable bonds is 0. The zero-order valence-electron chi connectivity index (χ0n) is 8.54. The molecule has 2 aromatic rings. The fourth-order valence-electron chi connectivity index (χ4n) is 2.09. The van der Waals surface area contributed by atoms with Crippen molar-refractivity contribution in [1.82, 2.24) is 4.98 Å². The zero-order valence-corrected chi connectivity index (χ0v) is 8.54. The Labute approximate surface area is 87.8 Å². The number of hydrogen-bond acceptors (Lipinski definition) is 3. The number of pyridine rings is 1. The quantitative estimate of drug-likeness (QED) is 0.685. The molecule has 3 rings (SSSR count). The number of benzene rings is 1. The van der Waals surface area contributed by atoms with Crippen molar-refractivity contribution in [1.29, 1.82) is 0 Å². The highest BCUT2D eigenvalue weighted by Crippen LogP contribution is 2.35. The van der Waals surface area contributed by atoms with Crippen molar-refractivity contribution in [2.45, 2.75) is 13.3 Å². The van der Waals surface area contributed by atoms with Gasteiger partial charge < -0.3 is 10.4 Å². The molecular formula is C12H12N2O. The molecule has 3 heteroatoms. The van der Waals surface area contributed by atoms with Gasteiger partial charge in [-0.3, -0.25) is 0 Å². The van der Waals surface area contributed by atoms with Crippen molar-refractivity contribution in [3.8, 4) is 5.75 Å². The van der Waals surface area contributed by atoms with Crippen molar-refractivity contribution < 1.29 is 5.11 Å². The fourth-order valence-corrected chi connectivity index (χ4v) is 2.09. The summed E-state index contributed by atoms with van der Waals surface area (Å²) in [5.74, 6) is 1.23. The van der Waals surface area contributed by atoms with Gasteiger partial charge in [-0.15, -0.1) is 0 Å². The standard InChI is InChI=1S/C12H12N2O/c1-7-2-3-10-9(6-7)11(15)8-4-5-13-12(8)14-10/h2-3,6H,4-5H2,1H3,(H2,13,14,15). The number of hydrogen-bond donors (Lipinski definition) is 2. The zero-order chi connectivity index (χ0) is 10.4. The molecule has 1 aromatic carbocycles. The second kappa shape index (κ2) is 2.86. The third-order valence-electron chi connectivity index (χ3n) is 2.88. The molecule has 0 radical (unpaired) electrons. The van der Waals surface area contributed by atoms with E-state index in [2.05, 4.69) is 10.3 Å². The Bertz CT molecular complexity index is 549. The topological polar surface area (TPSA) is 45.2 Å². The lowest BCUT2D eigenvalue weighted by Gasteiger charge is -2.06. The molecule has 1 aromatic heterocycles. The first-order chi connectivity index (χ1) is 7.25. The Hall–Kier alpha value is -1.77. The van der Waals surface area contributed by atoms with Crippen LogP contribution in [0, 0.1) is 6.92 Å². The van der Waals surface area contributed by atoms with Crippen LogP contribution in [0.3, 0.4) is 0 Å². The van der Waals surface area contributed by atoms with E-state index in [0.717, 1.165) is 40.8 Å². The molecular weight excluding hydrogens is 188 g/mol. The monoisotopic (exact) mass is 200 g/mol. The van der Waals surface area contributed by atoms with Gasteiger partial charge in [0.1, 0.15) is 11.6 Å². The molecule has 0 spiro atoms. The van der Waals surface area contributed by atoms with Gasteiger partial charge in [-0.1, -0.05) is 11.6 Å². The first-order valence-electron chi connectivity index (χ1n) is 5.12. The van der Waals surface area contributed by atoms with Crippen molar-refractivity contribution >= 4 is 16.7 Å². The summed E-state index contributed by atoms with van der Waals surface area (Å²) in [4.78, 5) is 4.49. The maximum Gasteiger partial charge on any atom is 0.133 e. The number of aryl methyl sites for hydroxylation is 1. The molecule has 0 saturated heterocycles. The molecule has 0 aliphatic carbocycles. The van der Waals surface area contributed by atoms with Gasteiger partial charge in [0.2, 0.25) is 0 Å². The third kappa shape index (κ3) is 1.16. The Morgan fingerprint density at radius 2 is 2.27 bits per heavy atom.